The lowest BCUT2D eigenvalue weighted by Gasteiger charge is -2.21. The van der Waals surface area contributed by atoms with Crippen LogP contribution >= 0.6 is 0 Å². The molecule has 0 fully saturated rings. The molecule has 5 heteroatoms. The number of aliphatic hydroxyl groups excluding tert-OH is 1. The molecular formula is C13H20N2O3. The summed E-state index contributed by atoms with van der Waals surface area (Å²) in [6.45, 7) is 1.49. The number of carbonyl (C=O) groups is 1. The Kier molecular flexibility index (Phi) is 7.01. The Labute approximate surface area is 107 Å². The molecule has 0 aliphatic carbocycles. The monoisotopic (exact) mass is 252 g/mol. The van der Waals surface area contributed by atoms with Crippen LogP contribution in [-0.4, -0.2) is 48.8 Å². The van der Waals surface area contributed by atoms with Gasteiger partial charge in [-0.2, -0.15) is 0 Å². The highest BCUT2D eigenvalue weighted by atomic mass is 16.5. The normalized spacial score (nSPS) is 10.3. The molecule has 0 spiro atoms. The van der Waals surface area contributed by atoms with E-state index in [1.54, 1.807) is 4.90 Å². The lowest BCUT2D eigenvalue weighted by molar-refractivity contribution is -0.137. The summed E-state index contributed by atoms with van der Waals surface area (Å²) in [5.41, 5.74) is 6.31. The number of aliphatic hydroxyl groups is 1. The molecule has 1 aromatic carbocycles. The summed E-state index contributed by atoms with van der Waals surface area (Å²) in [6, 6.07) is 9.65. The minimum atomic E-state index is -0.138. The molecule has 5 nitrogen and oxygen atoms in total. The number of hydrogen-bond donors (Lipinski definition) is 2. The van der Waals surface area contributed by atoms with Crippen LogP contribution in [0.5, 0.6) is 0 Å². The van der Waals surface area contributed by atoms with E-state index >= 15 is 0 Å². The quantitative estimate of drug-likeness (QED) is 0.638. The first kappa shape index (κ1) is 14.6. The molecule has 0 aliphatic rings. The van der Waals surface area contributed by atoms with Crippen LogP contribution in [0.2, 0.25) is 0 Å². The van der Waals surface area contributed by atoms with Crippen molar-refractivity contribution >= 4 is 5.91 Å². The second-order valence-electron chi connectivity index (χ2n) is 3.87. The predicted octanol–water partition coefficient (Wildman–Crippen LogP) is -0.0172. The van der Waals surface area contributed by atoms with Gasteiger partial charge in [0.05, 0.1) is 13.2 Å². The molecule has 1 aromatic rings. The van der Waals surface area contributed by atoms with Crippen molar-refractivity contribution in [2.24, 2.45) is 5.73 Å². The molecule has 1 amide bonds. The molecule has 3 N–H and O–H groups in total. The van der Waals surface area contributed by atoms with Gasteiger partial charge in [-0.25, -0.2) is 0 Å². The summed E-state index contributed by atoms with van der Waals surface area (Å²) in [5, 5.41) is 8.98. The van der Waals surface area contributed by atoms with E-state index < -0.39 is 0 Å². The summed E-state index contributed by atoms with van der Waals surface area (Å²) < 4.78 is 5.11. The zero-order valence-corrected chi connectivity index (χ0v) is 10.4. The Morgan fingerprint density at radius 3 is 2.67 bits per heavy atom. The molecule has 0 saturated carbocycles. The van der Waals surface area contributed by atoms with Gasteiger partial charge in [-0.05, 0) is 5.56 Å². The van der Waals surface area contributed by atoms with E-state index in [1.165, 1.54) is 0 Å². The summed E-state index contributed by atoms with van der Waals surface area (Å²) in [5.74, 6) is -0.138. The van der Waals surface area contributed by atoms with Gasteiger partial charge in [0.15, 0.2) is 0 Å². The lowest BCUT2D eigenvalue weighted by Crippen LogP contribution is -2.36. The average Bonchev–Trinajstić information content (AvgIpc) is 2.39. The van der Waals surface area contributed by atoms with Crippen molar-refractivity contribution in [3.05, 3.63) is 35.9 Å². The van der Waals surface area contributed by atoms with Crippen molar-refractivity contribution < 1.29 is 14.6 Å². The number of benzene rings is 1. The van der Waals surface area contributed by atoms with Crippen LogP contribution in [0.4, 0.5) is 0 Å². The molecule has 0 bridgehead atoms. The molecule has 0 aliphatic heterocycles. The highest BCUT2D eigenvalue weighted by Crippen LogP contribution is 2.04. The molecule has 0 radical (unpaired) electrons. The number of hydrogen-bond acceptors (Lipinski definition) is 4. The SMILES string of the molecule is NCCOCC(=O)N(CCO)Cc1ccccc1. The Balaban J connectivity index is 2.50. The van der Waals surface area contributed by atoms with Crippen molar-refractivity contribution in [1.82, 2.24) is 4.90 Å². The third kappa shape index (κ3) is 5.27. The third-order valence-electron chi connectivity index (χ3n) is 2.43. The van der Waals surface area contributed by atoms with Crippen LogP contribution in [0, 0.1) is 0 Å². The summed E-state index contributed by atoms with van der Waals surface area (Å²) in [6.07, 6.45) is 0. The minimum absolute atomic E-state index is 0.00400. The fourth-order valence-corrected chi connectivity index (χ4v) is 1.55. The summed E-state index contributed by atoms with van der Waals surface area (Å²) in [4.78, 5) is 13.4. The Morgan fingerprint density at radius 1 is 1.33 bits per heavy atom. The predicted molar refractivity (Wildman–Crippen MR) is 68.8 cm³/mol. The van der Waals surface area contributed by atoms with Gasteiger partial charge in [0, 0.05) is 19.6 Å². The highest BCUT2D eigenvalue weighted by Gasteiger charge is 2.13. The van der Waals surface area contributed by atoms with Crippen LogP contribution < -0.4 is 5.73 Å². The summed E-state index contributed by atoms with van der Waals surface area (Å²) in [7, 11) is 0. The first-order valence-corrected chi connectivity index (χ1v) is 5.98. The van der Waals surface area contributed by atoms with Crippen molar-refractivity contribution in [1.29, 1.82) is 0 Å². The van der Waals surface area contributed by atoms with E-state index in [0.717, 1.165) is 5.56 Å². The number of nitrogens with zero attached hydrogens (tertiary/aromatic N) is 1. The zero-order valence-electron chi connectivity index (χ0n) is 10.4. The summed E-state index contributed by atoms with van der Waals surface area (Å²) >= 11 is 0. The number of rotatable bonds is 8. The fraction of sp³-hybridized carbons (Fsp3) is 0.462. The van der Waals surface area contributed by atoms with Gasteiger partial charge in [0.1, 0.15) is 6.61 Å². The van der Waals surface area contributed by atoms with E-state index in [2.05, 4.69) is 0 Å². The van der Waals surface area contributed by atoms with Gasteiger partial charge in [0.25, 0.3) is 0 Å². The van der Waals surface area contributed by atoms with Crippen molar-refractivity contribution in [2.75, 3.05) is 32.9 Å². The van der Waals surface area contributed by atoms with Gasteiger partial charge >= 0.3 is 0 Å². The number of amides is 1. The molecule has 0 atom stereocenters. The smallest absolute Gasteiger partial charge is 0.248 e. The number of carbonyl (C=O) groups excluding carboxylic acids is 1. The van der Waals surface area contributed by atoms with E-state index in [0.29, 0.717) is 26.2 Å². The second kappa shape index (κ2) is 8.63. The largest absolute Gasteiger partial charge is 0.395 e. The van der Waals surface area contributed by atoms with Crippen LogP contribution in [0.15, 0.2) is 30.3 Å². The molecule has 100 valence electrons. The molecule has 0 unspecified atom stereocenters. The topological polar surface area (TPSA) is 75.8 Å². The average molecular weight is 252 g/mol. The molecule has 18 heavy (non-hydrogen) atoms. The fourth-order valence-electron chi connectivity index (χ4n) is 1.55. The van der Waals surface area contributed by atoms with Crippen molar-refractivity contribution in [3.8, 4) is 0 Å². The molecular weight excluding hydrogens is 232 g/mol. The maximum absolute atomic E-state index is 11.9. The van der Waals surface area contributed by atoms with Crippen LogP contribution in [0.25, 0.3) is 0 Å². The molecule has 1 rings (SSSR count). The highest BCUT2D eigenvalue weighted by molar-refractivity contribution is 5.77. The first-order chi connectivity index (χ1) is 8.77. The van der Waals surface area contributed by atoms with E-state index in [1.807, 2.05) is 30.3 Å². The van der Waals surface area contributed by atoms with Crippen molar-refractivity contribution in [2.45, 2.75) is 6.54 Å². The first-order valence-electron chi connectivity index (χ1n) is 5.98. The maximum Gasteiger partial charge on any atom is 0.248 e. The molecule has 0 aromatic heterocycles. The van der Waals surface area contributed by atoms with Gasteiger partial charge in [-0.3, -0.25) is 4.79 Å². The number of ether oxygens (including phenoxy) is 1. The molecule has 0 heterocycles. The Bertz CT molecular complexity index is 343. The Hall–Kier alpha value is -1.43. The van der Waals surface area contributed by atoms with Crippen LogP contribution in [0.1, 0.15) is 5.56 Å². The Morgan fingerprint density at radius 2 is 2.06 bits per heavy atom. The lowest BCUT2D eigenvalue weighted by atomic mass is 10.2. The molecule has 0 saturated heterocycles. The van der Waals surface area contributed by atoms with Gasteiger partial charge in [-0.15, -0.1) is 0 Å². The third-order valence-corrected chi connectivity index (χ3v) is 2.43. The van der Waals surface area contributed by atoms with Crippen molar-refractivity contribution in [3.63, 3.8) is 0 Å². The zero-order chi connectivity index (χ0) is 13.2. The van der Waals surface area contributed by atoms with Gasteiger partial charge in [-0.1, -0.05) is 30.3 Å². The van der Waals surface area contributed by atoms with E-state index in [-0.39, 0.29) is 19.1 Å². The van der Waals surface area contributed by atoms with E-state index in [9.17, 15) is 4.79 Å². The van der Waals surface area contributed by atoms with Gasteiger partial charge < -0.3 is 20.5 Å². The maximum atomic E-state index is 11.9. The number of nitrogens with two attached hydrogens (primary N) is 1. The van der Waals surface area contributed by atoms with Gasteiger partial charge in [0.2, 0.25) is 5.91 Å². The second-order valence-corrected chi connectivity index (χ2v) is 3.87. The van der Waals surface area contributed by atoms with Crippen LogP contribution in [0.3, 0.4) is 0 Å². The van der Waals surface area contributed by atoms with Crippen LogP contribution in [-0.2, 0) is 16.1 Å². The standard InChI is InChI=1S/C13H20N2O3/c14-6-9-18-11-13(17)15(7-8-16)10-12-4-2-1-3-5-12/h1-5,16H,6-11,14H2. The van der Waals surface area contributed by atoms with E-state index in [4.69, 9.17) is 15.6 Å². The minimum Gasteiger partial charge on any atom is -0.395 e.